The van der Waals surface area contributed by atoms with Crippen LogP contribution in [-0.2, 0) is 35.2 Å². The molecule has 1 aromatic carbocycles. The van der Waals surface area contributed by atoms with Gasteiger partial charge in [0, 0.05) is 73.7 Å². The highest BCUT2D eigenvalue weighted by atomic mass is 16.2. The van der Waals surface area contributed by atoms with Gasteiger partial charge in [-0.2, -0.15) is 0 Å². The van der Waals surface area contributed by atoms with E-state index in [2.05, 4.69) is 67.4 Å². The number of hydrogen-bond donors (Lipinski definition) is 11. The normalized spacial score (nSPS) is 20.3. The topological polar surface area (TPSA) is 317 Å². The number of H-pyrrole nitrogens is 2. The van der Waals surface area contributed by atoms with E-state index in [4.69, 9.17) is 17.2 Å². The first kappa shape index (κ1) is 53.4. The smallest absolute Gasteiger partial charge is 0.243 e. The number of para-hydroxylation sites is 1. The number of carbonyl (C=O) groups excluding carboxylic acids is 6. The van der Waals surface area contributed by atoms with Gasteiger partial charge in [0.05, 0.1) is 13.1 Å². The van der Waals surface area contributed by atoms with Crippen molar-refractivity contribution in [1.82, 2.24) is 46.4 Å². The lowest BCUT2D eigenvalue weighted by molar-refractivity contribution is -0.141. The molecule has 360 valence electrons. The van der Waals surface area contributed by atoms with Gasteiger partial charge in [-0.3, -0.25) is 33.8 Å². The number of guanidine groups is 1. The number of benzene rings is 1. The van der Waals surface area contributed by atoms with Crippen molar-refractivity contribution >= 4 is 64.5 Å². The van der Waals surface area contributed by atoms with Gasteiger partial charge in [-0.15, -0.1) is 0 Å². The third-order valence-corrected chi connectivity index (χ3v) is 11.0. The molecule has 2 aromatic heterocycles. The van der Waals surface area contributed by atoms with Gasteiger partial charge in [0.1, 0.15) is 24.2 Å². The van der Waals surface area contributed by atoms with Crippen LogP contribution >= 0.6 is 0 Å². The van der Waals surface area contributed by atoms with Crippen LogP contribution in [0.3, 0.4) is 0 Å². The zero-order chi connectivity index (χ0) is 48.6. The summed E-state index contributed by atoms with van der Waals surface area (Å²) in [6.07, 6.45) is 13.9. The number of aliphatic imine (C=N–C) groups is 1. The summed E-state index contributed by atoms with van der Waals surface area (Å²) in [7, 11) is 1.50. The number of nitrogens with two attached hydrogens (primary N) is 4. The minimum atomic E-state index is -1.05. The number of carbonyl (C=O) groups is 6. The highest BCUT2D eigenvalue weighted by Gasteiger charge is 2.39. The zero-order valence-corrected chi connectivity index (χ0v) is 38.5. The van der Waals surface area contributed by atoms with Crippen LogP contribution in [-0.4, -0.2) is 138 Å². The number of amides is 6. The Labute approximate surface area is 386 Å². The standard InChI is InChI=1S/C31H42N10O6.C10H13N.C4H10N2.CH5N/c32-31(33)34-11-3-8-21-27(44)36-16-25(42)41-13-5-10-24(41)30(47)39-22(14-18-15-35-20-7-2-1-6-19(18)20)28(45)37-17-26(43)40-12-4-9-23(40)29(46)38-21;1-4-6-10-9(5-2)8(3)7-11-10;1-2-6-4-3-5;1-2/h1-2,6-7,15,21-24,35H,3-5,8-14,16-17H2,(H,36,44)(H,37,45)(H,38,46)(H,39,47)(H4,32,33,34);4-7,11H,2H2,1,3H3;2,6H,1,3-5H2;2H2,1H3/b;6-4-;;/t21-,22-,23+,24+;;;/m0.../s1. The summed E-state index contributed by atoms with van der Waals surface area (Å²) in [6.45, 7) is 12.8. The van der Waals surface area contributed by atoms with Gasteiger partial charge in [-0.05, 0) is 88.9 Å². The number of nitrogens with one attached hydrogen (secondary N) is 7. The number of fused-ring (bicyclic) bond motifs is 3. The molecule has 0 unspecified atom stereocenters. The van der Waals surface area contributed by atoms with E-state index in [0.29, 0.717) is 51.7 Å². The molecule has 0 spiro atoms. The van der Waals surface area contributed by atoms with Crippen LogP contribution in [0.5, 0.6) is 0 Å². The second kappa shape index (κ2) is 28.1. The summed E-state index contributed by atoms with van der Waals surface area (Å²) in [5.41, 5.74) is 25.6. The van der Waals surface area contributed by atoms with E-state index < -0.39 is 66.2 Å². The predicted octanol–water partition coefficient (Wildman–Crippen LogP) is 0.214. The Morgan fingerprint density at radius 2 is 1.44 bits per heavy atom. The van der Waals surface area contributed by atoms with E-state index in [1.54, 1.807) is 12.4 Å². The first-order valence-electron chi connectivity index (χ1n) is 22.2. The third kappa shape index (κ3) is 15.7. The van der Waals surface area contributed by atoms with Gasteiger partial charge in [-0.25, -0.2) is 0 Å². The highest BCUT2D eigenvalue weighted by molar-refractivity contribution is 5.97. The second-order valence-electron chi connectivity index (χ2n) is 15.5. The van der Waals surface area contributed by atoms with Crippen molar-refractivity contribution in [2.75, 3.05) is 52.9 Å². The first-order valence-corrected chi connectivity index (χ1v) is 22.2. The molecule has 20 heteroatoms. The molecule has 5 heterocycles. The van der Waals surface area contributed by atoms with E-state index in [0.717, 1.165) is 28.7 Å². The van der Waals surface area contributed by atoms with Crippen LogP contribution in [0.15, 0.2) is 67.1 Å². The third-order valence-electron chi connectivity index (χ3n) is 11.0. The number of nitrogens with zero attached hydrogens (tertiary/aromatic N) is 3. The molecule has 0 aliphatic carbocycles. The number of aromatic nitrogens is 2. The zero-order valence-electron chi connectivity index (χ0n) is 38.5. The molecule has 3 fully saturated rings. The SMILES string of the molecule is C=CNCCN.C=Cc1c(C)c[nH]c1/C=C\C.CN.NC(N)=NCCC[C@@H]1NC(=O)[C@H]2CCCN2C(=O)CNC(=O)[C@H](Cc2c[nH]c3ccccc23)NC(=O)[C@H]2CCCN2C(=O)CNC1=O. The average Bonchev–Trinajstić information content (AvgIpc) is 4.16. The highest BCUT2D eigenvalue weighted by Crippen LogP contribution is 2.22. The molecule has 66 heavy (non-hydrogen) atoms. The molecule has 0 bridgehead atoms. The quantitative estimate of drug-likeness (QED) is 0.0702. The molecule has 0 radical (unpaired) electrons. The fraction of sp³-hybridized carbons (Fsp3) is 0.457. The molecule has 0 saturated carbocycles. The largest absolute Gasteiger partial charge is 0.390 e. The lowest BCUT2D eigenvalue weighted by Gasteiger charge is -2.29. The Morgan fingerprint density at radius 1 is 0.848 bits per heavy atom. The number of aryl methyl sites for hydroxylation is 1. The summed E-state index contributed by atoms with van der Waals surface area (Å²) in [4.78, 5) is 93.5. The van der Waals surface area contributed by atoms with E-state index in [9.17, 15) is 28.8 Å². The average molecular weight is 915 g/mol. The molecular formula is C46H70N14O6. The van der Waals surface area contributed by atoms with Crippen molar-refractivity contribution < 1.29 is 28.8 Å². The van der Waals surface area contributed by atoms with Crippen molar-refractivity contribution in [2.45, 2.75) is 83.0 Å². The van der Waals surface area contributed by atoms with Crippen LogP contribution in [0.4, 0.5) is 0 Å². The number of rotatable bonds is 11. The maximum atomic E-state index is 13.6. The molecule has 6 rings (SSSR count). The Kier molecular flexibility index (Phi) is 22.7. The Balaban J connectivity index is 0.000000507. The van der Waals surface area contributed by atoms with E-state index in [-0.39, 0.29) is 31.9 Å². The fourth-order valence-corrected chi connectivity index (χ4v) is 7.80. The van der Waals surface area contributed by atoms with Gasteiger partial charge in [0.15, 0.2) is 5.96 Å². The minimum absolute atomic E-state index is 0.102. The second-order valence-corrected chi connectivity index (χ2v) is 15.5. The molecule has 4 atom stereocenters. The van der Waals surface area contributed by atoms with Crippen LogP contribution in [0.25, 0.3) is 23.1 Å². The van der Waals surface area contributed by atoms with E-state index in [1.165, 1.54) is 28.0 Å². The van der Waals surface area contributed by atoms with E-state index >= 15 is 0 Å². The van der Waals surface area contributed by atoms with Gasteiger partial charge >= 0.3 is 0 Å². The lowest BCUT2D eigenvalue weighted by Crippen LogP contribution is -2.58. The van der Waals surface area contributed by atoms with Crippen molar-refractivity contribution in [3.05, 3.63) is 84.5 Å². The molecule has 3 aromatic rings. The number of aromatic amines is 2. The monoisotopic (exact) mass is 915 g/mol. The Bertz CT molecular complexity index is 2160. The van der Waals surface area contributed by atoms with Crippen molar-refractivity contribution in [3.8, 4) is 0 Å². The number of allylic oxidation sites excluding steroid dienone is 1. The fourth-order valence-electron chi connectivity index (χ4n) is 7.80. The molecular weight excluding hydrogens is 845 g/mol. The summed E-state index contributed by atoms with van der Waals surface area (Å²) >= 11 is 0. The maximum Gasteiger partial charge on any atom is 0.243 e. The van der Waals surface area contributed by atoms with Crippen LogP contribution < -0.4 is 49.5 Å². The summed E-state index contributed by atoms with van der Waals surface area (Å²) in [5.74, 6) is -3.19. The molecule has 20 nitrogen and oxygen atoms in total. The van der Waals surface area contributed by atoms with Gasteiger partial charge in [0.25, 0.3) is 0 Å². The maximum absolute atomic E-state index is 13.6. The number of hydrogen-bond acceptors (Lipinski definition) is 10. The van der Waals surface area contributed by atoms with Gasteiger partial charge in [-0.1, -0.05) is 43.5 Å². The molecule has 6 amide bonds. The first-order chi connectivity index (χ1) is 31.8. The van der Waals surface area contributed by atoms with Crippen LogP contribution in [0, 0.1) is 6.92 Å². The molecule has 3 aliphatic rings. The van der Waals surface area contributed by atoms with E-state index in [1.807, 2.05) is 55.6 Å². The summed E-state index contributed by atoms with van der Waals surface area (Å²) < 4.78 is 0. The minimum Gasteiger partial charge on any atom is -0.390 e. The molecule has 3 saturated heterocycles. The summed E-state index contributed by atoms with van der Waals surface area (Å²) in [6, 6.07) is 3.79. The van der Waals surface area contributed by atoms with Crippen LogP contribution in [0.2, 0.25) is 0 Å². The lowest BCUT2D eigenvalue weighted by atomic mass is 10.0. The van der Waals surface area contributed by atoms with Crippen molar-refractivity contribution in [2.24, 2.45) is 27.9 Å². The van der Waals surface area contributed by atoms with Gasteiger partial charge in [0.2, 0.25) is 35.4 Å². The van der Waals surface area contributed by atoms with Crippen LogP contribution in [0.1, 0.15) is 67.8 Å². The van der Waals surface area contributed by atoms with Crippen molar-refractivity contribution in [1.29, 1.82) is 0 Å². The Morgan fingerprint density at radius 3 is 1.98 bits per heavy atom. The predicted molar refractivity (Wildman–Crippen MR) is 259 cm³/mol. The molecule has 3 aliphatic heterocycles. The van der Waals surface area contributed by atoms with Gasteiger partial charge < -0.3 is 69.3 Å². The molecule has 15 N–H and O–H groups in total. The Hall–Kier alpha value is -6.93. The summed E-state index contributed by atoms with van der Waals surface area (Å²) in [5, 5.41) is 14.6. The van der Waals surface area contributed by atoms with Crippen molar-refractivity contribution in [3.63, 3.8) is 0 Å².